The average molecular weight is 219 g/mol. The zero-order valence-corrected chi connectivity index (χ0v) is 10.1. The maximum absolute atomic E-state index is 6.30. The number of hydrogen-bond donors (Lipinski definition) is 1. The van der Waals surface area contributed by atoms with Crippen LogP contribution in [0, 0.1) is 17.8 Å². The van der Waals surface area contributed by atoms with Gasteiger partial charge in [0, 0.05) is 12.2 Å². The summed E-state index contributed by atoms with van der Waals surface area (Å²) in [7, 11) is 0. The Hall–Kier alpha value is -0.960. The third-order valence-corrected chi connectivity index (χ3v) is 3.67. The summed E-state index contributed by atoms with van der Waals surface area (Å²) in [5, 5.41) is 0. The molecule has 2 rings (SSSR count). The zero-order chi connectivity index (χ0) is 11.5. The van der Waals surface area contributed by atoms with Gasteiger partial charge >= 0.3 is 0 Å². The minimum absolute atomic E-state index is 0.0770. The molecule has 1 aromatic heterocycles. The van der Waals surface area contributed by atoms with Gasteiger partial charge in [-0.15, -0.1) is 0 Å². The lowest BCUT2D eigenvalue weighted by Crippen LogP contribution is -2.29. The highest BCUT2D eigenvalue weighted by molar-refractivity contribution is 5.06. The normalized spacial score (nSPS) is 32.3. The standard InChI is InChI=1S/C13H21N3/c1-9-5-10(2)7-11(6-9)13(14)12-3-4-15-8-16-12/h3-4,8-11,13H,5-7,14H2,1-2H3. The van der Waals surface area contributed by atoms with Crippen LogP contribution in [0.3, 0.4) is 0 Å². The van der Waals surface area contributed by atoms with Gasteiger partial charge < -0.3 is 5.73 Å². The maximum Gasteiger partial charge on any atom is 0.115 e. The molecule has 0 bridgehead atoms. The maximum atomic E-state index is 6.30. The summed E-state index contributed by atoms with van der Waals surface area (Å²) in [6.07, 6.45) is 7.17. The summed E-state index contributed by atoms with van der Waals surface area (Å²) >= 11 is 0. The van der Waals surface area contributed by atoms with Crippen molar-refractivity contribution in [3.05, 3.63) is 24.3 Å². The predicted octanol–water partition coefficient (Wildman–Crippen LogP) is 2.55. The molecule has 1 aliphatic rings. The first-order valence-corrected chi connectivity index (χ1v) is 6.18. The summed E-state index contributed by atoms with van der Waals surface area (Å²) in [6, 6.07) is 2.02. The van der Waals surface area contributed by atoms with Gasteiger partial charge in [0.1, 0.15) is 6.33 Å². The van der Waals surface area contributed by atoms with E-state index in [-0.39, 0.29) is 6.04 Å². The highest BCUT2D eigenvalue weighted by atomic mass is 14.9. The first-order chi connectivity index (χ1) is 7.66. The molecule has 0 aromatic carbocycles. The van der Waals surface area contributed by atoms with E-state index in [9.17, 15) is 0 Å². The van der Waals surface area contributed by atoms with Crippen LogP contribution >= 0.6 is 0 Å². The second-order valence-corrected chi connectivity index (χ2v) is 5.34. The van der Waals surface area contributed by atoms with Crippen molar-refractivity contribution >= 4 is 0 Å². The van der Waals surface area contributed by atoms with E-state index in [1.54, 1.807) is 12.5 Å². The number of aromatic nitrogens is 2. The molecule has 0 radical (unpaired) electrons. The van der Waals surface area contributed by atoms with Crippen molar-refractivity contribution in [2.45, 2.75) is 39.2 Å². The SMILES string of the molecule is CC1CC(C)CC(C(N)c2ccncn2)C1. The summed E-state index contributed by atoms with van der Waals surface area (Å²) in [5.41, 5.74) is 7.29. The van der Waals surface area contributed by atoms with Crippen LogP contribution in [-0.2, 0) is 0 Å². The Balaban J connectivity index is 2.07. The molecule has 1 aromatic rings. The van der Waals surface area contributed by atoms with Crippen LogP contribution < -0.4 is 5.73 Å². The van der Waals surface area contributed by atoms with Crippen molar-refractivity contribution < 1.29 is 0 Å². The number of rotatable bonds is 2. The predicted molar refractivity (Wildman–Crippen MR) is 64.6 cm³/mol. The van der Waals surface area contributed by atoms with Gasteiger partial charge in [-0.3, -0.25) is 0 Å². The Morgan fingerprint density at radius 2 is 1.94 bits per heavy atom. The van der Waals surface area contributed by atoms with Gasteiger partial charge in [-0.05, 0) is 43.1 Å². The van der Waals surface area contributed by atoms with Crippen molar-refractivity contribution in [2.75, 3.05) is 0 Å². The molecule has 16 heavy (non-hydrogen) atoms. The first-order valence-electron chi connectivity index (χ1n) is 6.18. The smallest absolute Gasteiger partial charge is 0.115 e. The molecule has 3 heteroatoms. The van der Waals surface area contributed by atoms with Crippen molar-refractivity contribution in [3.63, 3.8) is 0 Å². The van der Waals surface area contributed by atoms with Gasteiger partial charge in [0.05, 0.1) is 5.69 Å². The van der Waals surface area contributed by atoms with E-state index in [0.29, 0.717) is 5.92 Å². The third-order valence-electron chi connectivity index (χ3n) is 3.67. The highest BCUT2D eigenvalue weighted by Crippen LogP contribution is 2.38. The number of nitrogens with two attached hydrogens (primary N) is 1. The second-order valence-electron chi connectivity index (χ2n) is 5.34. The molecule has 1 fully saturated rings. The van der Waals surface area contributed by atoms with E-state index in [1.807, 2.05) is 6.07 Å². The molecule has 1 saturated carbocycles. The molecular weight excluding hydrogens is 198 g/mol. The summed E-state index contributed by atoms with van der Waals surface area (Å²) in [6.45, 7) is 4.66. The van der Waals surface area contributed by atoms with Crippen LogP contribution in [0.25, 0.3) is 0 Å². The van der Waals surface area contributed by atoms with Crippen molar-refractivity contribution in [1.82, 2.24) is 9.97 Å². The Morgan fingerprint density at radius 1 is 1.25 bits per heavy atom. The van der Waals surface area contributed by atoms with E-state index in [2.05, 4.69) is 23.8 Å². The fourth-order valence-corrected chi connectivity index (χ4v) is 3.04. The lowest BCUT2D eigenvalue weighted by atomic mass is 9.73. The van der Waals surface area contributed by atoms with Crippen LogP contribution in [0.2, 0.25) is 0 Å². The fourth-order valence-electron chi connectivity index (χ4n) is 3.04. The Bertz CT molecular complexity index is 315. The van der Waals surface area contributed by atoms with Crippen LogP contribution in [0.5, 0.6) is 0 Å². The molecule has 2 N–H and O–H groups in total. The van der Waals surface area contributed by atoms with Crippen LogP contribution in [-0.4, -0.2) is 9.97 Å². The molecule has 3 nitrogen and oxygen atoms in total. The molecule has 3 unspecified atom stereocenters. The topological polar surface area (TPSA) is 51.8 Å². The quantitative estimate of drug-likeness (QED) is 0.831. The van der Waals surface area contributed by atoms with E-state index >= 15 is 0 Å². The van der Waals surface area contributed by atoms with E-state index < -0.39 is 0 Å². The van der Waals surface area contributed by atoms with E-state index in [0.717, 1.165) is 17.5 Å². The monoisotopic (exact) mass is 219 g/mol. The molecule has 0 spiro atoms. The lowest BCUT2D eigenvalue weighted by Gasteiger charge is -2.34. The Morgan fingerprint density at radius 3 is 2.50 bits per heavy atom. The number of nitrogens with zero attached hydrogens (tertiary/aromatic N) is 2. The first kappa shape index (κ1) is 11.5. The van der Waals surface area contributed by atoms with Crippen molar-refractivity contribution in [2.24, 2.45) is 23.5 Å². The van der Waals surface area contributed by atoms with Crippen molar-refractivity contribution in [3.8, 4) is 0 Å². The molecule has 0 amide bonds. The van der Waals surface area contributed by atoms with Gasteiger partial charge in [0.25, 0.3) is 0 Å². The minimum Gasteiger partial charge on any atom is -0.322 e. The average Bonchev–Trinajstić information content (AvgIpc) is 2.28. The van der Waals surface area contributed by atoms with Gasteiger partial charge in [0.15, 0.2) is 0 Å². The molecule has 3 atom stereocenters. The Labute approximate surface area is 97.5 Å². The zero-order valence-electron chi connectivity index (χ0n) is 10.1. The minimum atomic E-state index is 0.0770. The van der Waals surface area contributed by atoms with Gasteiger partial charge in [-0.2, -0.15) is 0 Å². The fraction of sp³-hybridized carbons (Fsp3) is 0.692. The largest absolute Gasteiger partial charge is 0.322 e. The van der Waals surface area contributed by atoms with Crippen LogP contribution in [0.4, 0.5) is 0 Å². The van der Waals surface area contributed by atoms with Gasteiger partial charge in [-0.25, -0.2) is 9.97 Å². The molecule has 1 heterocycles. The highest BCUT2D eigenvalue weighted by Gasteiger charge is 2.29. The molecular formula is C13H21N3. The van der Waals surface area contributed by atoms with Gasteiger partial charge in [-0.1, -0.05) is 13.8 Å². The number of hydrogen-bond acceptors (Lipinski definition) is 3. The molecule has 88 valence electrons. The Kier molecular flexibility index (Phi) is 3.54. The molecule has 0 saturated heterocycles. The van der Waals surface area contributed by atoms with E-state index in [1.165, 1.54) is 19.3 Å². The molecule has 0 aliphatic heterocycles. The second kappa shape index (κ2) is 4.91. The third kappa shape index (κ3) is 2.59. The van der Waals surface area contributed by atoms with Crippen LogP contribution in [0.15, 0.2) is 18.6 Å². The van der Waals surface area contributed by atoms with E-state index in [4.69, 9.17) is 5.73 Å². The summed E-state index contributed by atoms with van der Waals surface area (Å²) in [5.74, 6) is 2.16. The van der Waals surface area contributed by atoms with Crippen LogP contribution in [0.1, 0.15) is 44.8 Å². The summed E-state index contributed by atoms with van der Waals surface area (Å²) in [4.78, 5) is 8.20. The van der Waals surface area contributed by atoms with Crippen molar-refractivity contribution in [1.29, 1.82) is 0 Å². The van der Waals surface area contributed by atoms with Gasteiger partial charge in [0.2, 0.25) is 0 Å². The summed E-state index contributed by atoms with van der Waals surface area (Å²) < 4.78 is 0. The lowest BCUT2D eigenvalue weighted by molar-refractivity contribution is 0.192. The molecule has 1 aliphatic carbocycles.